The van der Waals surface area contributed by atoms with Crippen molar-refractivity contribution in [3.63, 3.8) is 0 Å². The van der Waals surface area contributed by atoms with E-state index < -0.39 is 0 Å². The Labute approximate surface area is 196 Å². The van der Waals surface area contributed by atoms with Crippen LogP contribution in [0.2, 0.25) is 0 Å². The first-order valence-corrected chi connectivity index (χ1v) is 11.7. The largest absolute Gasteiger partial charge is 0.496 e. The average Bonchev–Trinajstić information content (AvgIpc) is 3.24. The number of rotatable bonds is 6. The fourth-order valence-electron chi connectivity index (χ4n) is 4.74. The number of piperidine rings is 1. The van der Waals surface area contributed by atoms with Crippen molar-refractivity contribution >= 4 is 22.4 Å². The Morgan fingerprint density at radius 2 is 2.03 bits per heavy atom. The van der Waals surface area contributed by atoms with Gasteiger partial charge in [0.1, 0.15) is 17.1 Å². The van der Waals surface area contributed by atoms with Gasteiger partial charge in [-0.3, -0.25) is 4.79 Å². The molecule has 4 rings (SSSR count). The van der Waals surface area contributed by atoms with Gasteiger partial charge in [-0.05, 0) is 68.9 Å². The molecule has 0 bridgehead atoms. The summed E-state index contributed by atoms with van der Waals surface area (Å²) in [6.45, 7) is 10.4. The van der Waals surface area contributed by atoms with Crippen molar-refractivity contribution in [3.8, 4) is 22.6 Å². The first-order chi connectivity index (χ1) is 15.9. The standard InChI is InChI=1S/C28H33NO4/c1-6-32-22-11-9-21(10-12-22)25-17-33-28-20(4)27(31-5)23(15-24(25)28)19(3)14-26(30)29-13-7-8-18(2)16-29/h9-12,14-15,17-18H,6-8,13,16H2,1-5H3/b19-14+. The number of benzene rings is 2. The summed E-state index contributed by atoms with van der Waals surface area (Å²) in [6.07, 6.45) is 5.79. The summed E-state index contributed by atoms with van der Waals surface area (Å²) in [5.74, 6) is 2.20. The van der Waals surface area contributed by atoms with Crippen LogP contribution in [0.5, 0.6) is 11.5 Å². The zero-order valence-corrected chi connectivity index (χ0v) is 20.2. The van der Waals surface area contributed by atoms with Gasteiger partial charge in [-0.25, -0.2) is 0 Å². The van der Waals surface area contributed by atoms with E-state index >= 15 is 0 Å². The molecule has 1 aliphatic rings. The first-order valence-electron chi connectivity index (χ1n) is 11.7. The second-order valence-corrected chi connectivity index (χ2v) is 8.92. The Morgan fingerprint density at radius 1 is 1.27 bits per heavy atom. The van der Waals surface area contributed by atoms with Gasteiger partial charge in [0.05, 0.1) is 20.0 Å². The molecule has 174 valence electrons. The third-order valence-electron chi connectivity index (χ3n) is 6.46. The maximum atomic E-state index is 13.0. The number of carbonyl (C=O) groups excluding carboxylic acids is 1. The molecule has 1 fully saturated rings. The number of allylic oxidation sites excluding steroid dienone is 1. The van der Waals surface area contributed by atoms with Crippen LogP contribution < -0.4 is 9.47 Å². The van der Waals surface area contributed by atoms with Crippen LogP contribution >= 0.6 is 0 Å². The maximum Gasteiger partial charge on any atom is 0.246 e. The number of ether oxygens (including phenoxy) is 2. The summed E-state index contributed by atoms with van der Waals surface area (Å²) in [5.41, 5.74) is 5.57. The Bertz CT molecular complexity index is 1170. The molecule has 0 saturated carbocycles. The molecule has 1 aromatic heterocycles. The molecule has 1 amide bonds. The Kier molecular flexibility index (Phi) is 6.77. The van der Waals surface area contributed by atoms with Crippen LogP contribution in [0.1, 0.15) is 44.7 Å². The van der Waals surface area contributed by atoms with E-state index in [0.717, 1.165) is 69.8 Å². The van der Waals surface area contributed by atoms with Crippen LogP contribution in [0.15, 0.2) is 47.1 Å². The van der Waals surface area contributed by atoms with Crippen LogP contribution in [0.4, 0.5) is 0 Å². The second-order valence-electron chi connectivity index (χ2n) is 8.92. The minimum absolute atomic E-state index is 0.0674. The molecular weight excluding hydrogens is 414 g/mol. The second kappa shape index (κ2) is 9.74. The van der Waals surface area contributed by atoms with E-state index in [1.54, 1.807) is 19.4 Å². The summed E-state index contributed by atoms with van der Waals surface area (Å²) in [7, 11) is 1.66. The summed E-state index contributed by atoms with van der Waals surface area (Å²) in [5, 5.41) is 0.999. The van der Waals surface area contributed by atoms with Crippen molar-refractivity contribution in [2.24, 2.45) is 5.92 Å². The molecule has 1 saturated heterocycles. The highest BCUT2D eigenvalue weighted by Crippen LogP contribution is 2.41. The molecule has 0 radical (unpaired) electrons. The molecule has 5 nitrogen and oxygen atoms in total. The zero-order valence-electron chi connectivity index (χ0n) is 20.2. The smallest absolute Gasteiger partial charge is 0.246 e. The van der Waals surface area contributed by atoms with E-state index in [9.17, 15) is 4.79 Å². The number of amides is 1. The fraction of sp³-hybridized carbons (Fsp3) is 0.393. The molecular formula is C28H33NO4. The molecule has 3 aromatic rings. The number of fused-ring (bicyclic) bond motifs is 1. The molecule has 0 spiro atoms. The number of hydrogen-bond donors (Lipinski definition) is 0. The Morgan fingerprint density at radius 3 is 2.70 bits per heavy atom. The van der Waals surface area contributed by atoms with Gasteiger partial charge in [0, 0.05) is 41.2 Å². The minimum atomic E-state index is 0.0674. The summed E-state index contributed by atoms with van der Waals surface area (Å²) < 4.78 is 17.3. The van der Waals surface area contributed by atoms with Crippen LogP contribution in [0.3, 0.4) is 0 Å². The minimum Gasteiger partial charge on any atom is -0.496 e. The maximum absolute atomic E-state index is 13.0. The molecule has 33 heavy (non-hydrogen) atoms. The molecule has 0 N–H and O–H groups in total. The quantitative estimate of drug-likeness (QED) is 0.406. The number of hydrogen-bond acceptors (Lipinski definition) is 4. The lowest BCUT2D eigenvalue weighted by atomic mass is 9.96. The first kappa shape index (κ1) is 23.0. The van der Waals surface area contributed by atoms with Gasteiger partial charge < -0.3 is 18.8 Å². The summed E-state index contributed by atoms with van der Waals surface area (Å²) >= 11 is 0. The number of aryl methyl sites for hydroxylation is 1. The SMILES string of the molecule is CCOc1ccc(-c2coc3c(C)c(OC)c(/C(C)=C/C(=O)N4CCCC(C)C4)cc23)cc1. The van der Waals surface area contributed by atoms with Gasteiger partial charge in [-0.2, -0.15) is 0 Å². The number of nitrogens with zero attached hydrogens (tertiary/aromatic N) is 1. The Hall–Kier alpha value is -3.21. The van der Waals surface area contributed by atoms with E-state index in [1.807, 2.05) is 49.9 Å². The van der Waals surface area contributed by atoms with E-state index in [2.05, 4.69) is 13.0 Å². The number of furan rings is 1. The van der Waals surface area contributed by atoms with E-state index in [1.165, 1.54) is 6.42 Å². The van der Waals surface area contributed by atoms with Crippen molar-refractivity contribution in [1.82, 2.24) is 4.90 Å². The molecule has 1 aliphatic heterocycles. The predicted molar refractivity (Wildman–Crippen MR) is 133 cm³/mol. The summed E-state index contributed by atoms with van der Waals surface area (Å²) in [4.78, 5) is 14.9. The summed E-state index contributed by atoms with van der Waals surface area (Å²) in [6, 6.07) is 10.1. The lowest BCUT2D eigenvalue weighted by molar-refractivity contribution is -0.127. The molecule has 1 atom stereocenters. The van der Waals surface area contributed by atoms with Crippen LogP contribution in [-0.4, -0.2) is 37.6 Å². The number of methoxy groups -OCH3 is 1. The van der Waals surface area contributed by atoms with Crippen LogP contribution in [0.25, 0.3) is 27.7 Å². The fourth-order valence-corrected chi connectivity index (χ4v) is 4.74. The van der Waals surface area contributed by atoms with Crippen LogP contribution in [0, 0.1) is 12.8 Å². The van der Waals surface area contributed by atoms with Gasteiger partial charge >= 0.3 is 0 Å². The highest BCUT2D eigenvalue weighted by molar-refractivity contribution is 6.01. The van der Waals surface area contributed by atoms with Gasteiger partial charge in [-0.15, -0.1) is 0 Å². The average molecular weight is 448 g/mol. The number of carbonyl (C=O) groups is 1. The molecule has 0 aliphatic carbocycles. The van der Waals surface area contributed by atoms with Crippen LogP contribution in [-0.2, 0) is 4.79 Å². The molecule has 2 heterocycles. The lowest BCUT2D eigenvalue weighted by Crippen LogP contribution is -2.38. The van der Waals surface area contributed by atoms with Crippen molar-refractivity contribution in [3.05, 3.63) is 53.8 Å². The topological polar surface area (TPSA) is 51.9 Å². The van der Waals surface area contributed by atoms with Gasteiger partial charge in [-0.1, -0.05) is 19.1 Å². The highest BCUT2D eigenvalue weighted by Gasteiger charge is 2.22. The molecule has 5 heteroatoms. The van der Waals surface area contributed by atoms with Crippen molar-refractivity contribution in [2.45, 2.75) is 40.5 Å². The van der Waals surface area contributed by atoms with E-state index in [0.29, 0.717) is 12.5 Å². The molecule has 1 unspecified atom stereocenters. The third-order valence-corrected chi connectivity index (χ3v) is 6.46. The normalized spacial score (nSPS) is 16.8. The van der Waals surface area contributed by atoms with E-state index in [4.69, 9.17) is 13.9 Å². The van der Waals surface area contributed by atoms with Gasteiger partial charge in [0.25, 0.3) is 0 Å². The monoisotopic (exact) mass is 447 g/mol. The van der Waals surface area contributed by atoms with E-state index in [-0.39, 0.29) is 5.91 Å². The highest BCUT2D eigenvalue weighted by atomic mass is 16.5. The van der Waals surface area contributed by atoms with Crippen molar-refractivity contribution < 1.29 is 18.7 Å². The van der Waals surface area contributed by atoms with Gasteiger partial charge in [0.15, 0.2) is 0 Å². The van der Waals surface area contributed by atoms with Gasteiger partial charge in [0.2, 0.25) is 5.91 Å². The zero-order chi connectivity index (χ0) is 23.5. The number of likely N-dealkylation sites (tertiary alicyclic amines) is 1. The lowest BCUT2D eigenvalue weighted by Gasteiger charge is -2.30. The predicted octanol–water partition coefficient (Wildman–Crippen LogP) is 6.48. The molecule has 2 aromatic carbocycles. The van der Waals surface area contributed by atoms with Crippen molar-refractivity contribution in [2.75, 3.05) is 26.8 Å². The van der Waals surface area contributed by atoms with Crippen molar-refractivity contribution in [1.29, 1.82) is 0 Å². The third kappa shape index (κ3) is 4.63. The Balaban J connectivity index is 1.74.